The Bertz CT molecular complexity index is 938. The summed E-state index contributed by atoms with van der Waals surface area (Å²) < 4.78 is 0. The van der Waals surface area contributed by atoms with Gasteiger partial charge in [-0.15, -0.1) is 10.2 Å². The molecule has 0 aliphatic carbocycles. The fourth-order valence-corrected chi connectivity index (χ4v) is 3.05. The largest absolute Gasteiger partial charge is 0.343 e. The van der Waals surface area contributed by atoms with Crippen molar-refractivity contribution >= 4 is 28.3 Å². The van der Waals surface area contributed by atoms with Gasteiger partial charge in [-0.05, 0) is 37.1 Å². The first-order valence-electron chi connectivity index (χ1n) is 8.07. The summed E-state index contributed by atoms with van der Waals surface area (Å²) in [6.45, 7) is 3.79. The summed E-state index contributed by atoms with van der Waals surface area (Å²) >= 11 is 1.28. The molecule has 0 radical (unpaired) electrons. The normalized spacial score (nSPS) is 10.4. The summed E-state index contributed by atoms with van der Waals surface area (Å²) in [6.07, 6.45) is 0. The maximum absolute atomic E-state index is 12.1. The average molecular weight is 366 g/mol. The second kappa shape index (κ2) is 7.88. The number of benzene rings is 2. The van der Waals surface area contributed by atoms with Gasteiger partial charge >= 0.3 is 0 Å². The van der Waals surface area contributed by atoms with Crippen LogP contribution in [0.2, 0.25) is 0 Å². The van der Waals surface area contributed by atoms with E-state index >= 15 is 0 Å². The number of rotatable bonds is 5. The van der Waals surface area contributed by atoms with E-state index in [2.05, 4.69) is 20.8 Å². The topological polar surface area (TPSA) is 84.0 Å². The molecule has 0 spiro atoms. The van der Waals surface area contributed by atoms with Crippen LogP contribution in [0.1, 0.15) is 21.5 Å². The molecule has 3 aromatic rings. The van der Waals surface area contributed by atoms with Crippen LogP contribution < -0.4 is 10.6 Å². The molecule has 2 aromatic carbocycles. The van der Waals surface area contributed by atoms with Gasteiger partial charge in [0.15, 0.2) is 0 Å². The highest BCUT2D eigenvalue weighted by Gasteiger charge is 2.12. The van der Waals surface area contributed by atoms with E-state index in [0.29, 0.717) is 10.7 Å². The Morgan fingerprint density at radius 2 is 1.77 bits per heavy atom. The van der Waals surface area contributed by atoms with Crippen LogP contribution in [0, 0.1) is 13.8 Å². The van der Waals surface area contributed by atoms with E-state index in [9.17, 15) is 9.59 Å². The van der Waals surface area contributed by atoms with Crippen LogP contribution in [-0.4, -0.2) is 28.6 Å². The van der Waals surface area contributed by atoms with Gasteiger partial charge < -0.3 is 5.32 Å². The van der Waals surface area contributed by atoms with Crippen molar-refractivity contribution < 1.29 is 9.59 Å². The van der Waals surface area contributed by atoms with Crippen LogP contribution in [0.5, 0.6) is 0 Å². The van der Waals surface area contributed by atoms with Crippen molar-refractivity contribution in [3.63, 3.8) is 0 Å². The Labute approximate surface area is 155 Å². The Hall–Kier alpha value is -3.06. The molecule has 6 nitrogen and oxygen atoms in total. The first kappa shape index (κ1) is 17.8. The zero-order valence-corrected chi connectivity index (χ0v) is 15.3. The molecule has 2 N–H and O–H groups in total. The minimum atomic E-state index is -0.349. The van der Waals surface area contributed by atoms with Gasteiger partial charge in [0.25, 0.3) is 5.91 Å². The zero-order chi connectivity index (χ0) is 18.5. The Balaban J connectivity index is 1.55. The summed E-state index contributed by atoms with van der Waals surface area (Å²) in [5.74, 6) is -0.636. The number of nitrogens with zero attached hydrogens (tertiary/aromatic N) is 2. The van der Waals surface area contributed by atoms with Crippen LogP contribution in [0.25, 0.3) is 10.6 Å². The summed E-state index contributed by atoms with van der Waals surface area (Å²) in [7, 11) is 0. The fourth-order valence-electron chi connectivity index (χ4n) is 2.28. The van der Waals surface area contributed by atoms with Crippen molar-refractivity contribution in [3.05, 3.63) is 65.2 Å². The zero-order valence-electron chi connectivity index (χ0n) is 14.4. The monoisotopic (exact) mass is 366 g/mol. The summed E-state index contributed by atoms with van der Waals surface area (Å²) in [4.78, 5) is 24.2. The van der Waals surface area contributed by atoms with Crippen LogP contribution in [-0.2, 0) is 4.79 Å². The van der Waals surface area contributed by atoms with Crippen molar-refractivity contribution in [2.75, 3.05) is 11.9 Å². The highest BCUT2D eigenvalue weighted by Crippen LogP contribution is 2.25. The SMILES string of the molecule is Cc1ccc(C(=O)NCC(=O)Nc2nnc(-c3ccccc3)s2)cc1C. The second-order valence-electron chi connectivity index (χ2n) is 5.81. The Morgan fingerprint density at radius 3 is 2.50 bits per heavy atom. The molecule has 0 aliphatic rings. The third-order valence-electron chi connectivity index (χ3n) is 3.87. The van der Waals surface area contributed by atoms with Crippen LogP contribution in [0.3, 0.4) is 0 Å². The average Bonchev–Trinajstić information content (AvgIpc) is 3.11. The smallest absolute Gasteiger partial charge is 0.251 e. The van der Waals surface area contributed by atoms with E-state index in [4.69, 9.17) is 0 Å². The second-order valence-corrected chi connectivity index (χ2v) is 6.79. The van der Waals surface area contributed by atoms with Crippen molar-refractivity contribution in [2.24, 2.45) is 0 Å². The number of aromatic nitrogens is 2. The first-order valence-corrected chi connectivity index (χ1v) is 8.89. The number of carbonyl (C=O) groups is 2. The number of anilines is 1. The lowest BCUT2D eigenvalue weighted by atomic mass is 10.1. The van der Waals surface area contributed by atoms with Gasteiger partial charge in [-0.25, -0.2) is 0 Å². The van der Waals surface area contributed by atoms with Gasteiger partial charge in [0.2, 0.25) is 11.0 Å². The van der Waals surface area contributed by atoms with Crippen LogP contribution in [0.4, 0.5) is 5.13 Å². The van der Waals surface area contributed by atoms with Gasteiger partial charge in [-0.2, -0.15) is 0 Å². The Morgan fingerprint density at radius 1 is 1.00 bits per heavy atom. The standard InChI is InChI=1S/C19H18N4O2S/c1-12-8-9-15(10-13(12)2)17(25)20-11-16(24)21-19-23-22-18(26-19)14-6-4-3-5-7-14/h3-10H,11H2,1-2H3,(H,20,25)(H,21,23,24). The lowest BCUT2D eigenvalue weighted by molar-refractivity contribution is -0.115. The van der Waals surface area contributed by atoms with Crippen molar-refractivity contribution in [1.82, 2.24) is 15.5 Å². The molecule has 1 heterocycles. The molecule has 0 bridgehead atoms. The lowest BCUT2D eigenvalue weighted by Crippen LogP contribution is -2.32. The highest BCUT2D eigenvalue weighted by atomic mass is 32.1. The number of hydrogen-bond donors (Lipinski definition) is 2. The molecule has 0 fully saturated rings. The molecule has 0 aliphatic heterocycles. The third kappa shape index (κ3) is 4.31. The minimum absolute atomic E-state index is 0.133. The minimum Gasteiger partial charge on any atom is -0.343 e. The van der Waals surface area contributed by atoms with E-state index in [1.54, 1.807) is 12.1 Å². The van der Waals surface area contributed by atoms with Crippen molar-refractivity contribution in [3.8, 4) is 10.6 Å². The number of aryl methyl sites for hydroxylation is 2. The summed E-state index contributed by atoms with van der Waals surface area (Å²) in [5.41, 5.74) is 3.62. The fraction of sp³-hybridized carbons (Fsp3) is 0.158. The number of carbonyl (C=O) groups excluding carboxylic acids is 2. The number of hydrogen-bond acceptors (Lipinski definition) is 5. The summed E-state index contributed by atoms with van der Waals surface area (Å²) in [5, 5.41) is 14.4. The maximum atomic E-state index is 12.1. The van der Waals surface area contributed by atoms with E-state index < -0.39 is 0 Å². The summed E-state index contributed by atoms with van der Waals surface area (Å²) in [6, 6.07) is 15.0. The van der Waals surface area contributed by atoms with Gasteiger partial charge in [-0.1, -0.05) is 47.7 Å². The predicted molar refractivity (Wildman–Crippen MR) is 102 cm³/mol. The molecule has 0 atom stereocenters. The highest BCUT2D eigenvalue weighted by molar-refractivity contribution is 7.18. The quantitative estimate of drug-likeness (QED) is 0.726. The predicted octanol–water partition coefficient (Wildman–Crippen LogP) is 3.19. The third-order valence-corrected chi connectivity index (χ3v) is 4.76. The molecule has 26 heavy (non-hydrogen) atoms. The van der Waals surface area contributed by atoms with E-state index in [-0.39, 0.29) is 18.4 Å². The molecule has 7 heteroatoms. The Kier molecular flexibility index (Phi) is 5.38. The maximum Gasteiger partial charge on any atom is 0.251 e. The van der Waals surface area contributed by atoms with Gasteiger partial charge in [0, 0.05) is 11.1 Å². The lowest BCUT2D eigenvalue weighted by Gasteiger charge is -2.07. The van der Waals surface area contributed by atoms with Crippen molar-refractivity contribution in [2.45, 2.75) is 13.8 Å². The molecule has 3 rings (SSSR count). The van der Waals surface area contributed by atoms with Gasteiger partial charge in [0.1, 0.15) is 5.01 Å². The van der Waals surface area contributed by atoms with Gasteiger partial charge in [0.05, 0.1) is 6.54 Å². The molecule has 132 valence electrons. The molecule has 2 amide bonds. The van der Waals surface area contributed by atoms with E-state index in [1.165, 1.54) is 11.3 Å². The van der Waals surface area contributed by atoms with Crippen LogP contribution >= 0.6 is 11.3 Å². The van der Waals surface area contributed by atoms with Crippen LogP contribution in [0.15, 0.2) is 48.5 Å². The van der Waals surface area contributed by atoms with E-state index in [1.807, 2.05) is 50.2 Å². The molecular weight excluding hydrogens is 348 g/mol. The van der Waals surface area contributed by atoms with Gasteiger partial charge in [-0.3, -0.25) is 14.9 Å². The van der Waals surface area contributed by atoms with Crippen molar-refractivity contribution in [1.29, 1.82) is 0 Å². The van der Waals surface area contributed by atoms with E-state index in [0.717, 1.165) is 21.7 Å². The number of amides is 2. The molecule has 0 saturated carbocycles. The molecule has 1 aromatic heterocycles. The molecular formula is C19H18N4O2S. The number of nitrogens with one attached hydrogen (secondary N) is 2. The molecule has 0 unspecified atom stereocenters. The molecule has 0 saturated heterocycles. The first-order chi connectivity index (χ1) is 12.5.